The van der Waals surface area contributed by atoms with Crippen molar-refractivity contribution in [3.8, 4) is 11.5 Å². The molecule has 0 fully saturated rings. The second kappa shape index (κ2) is 4.72. The summed E-state index contributed by atoms with van der Waals surface area (Å²) in [5.74, 6) is -1.31. The standard InChI is InChI=1S/C10H7BrN2O3S/c11-7-4-12-10(17-7)13-9(16)5-2-1-3-6(14)8(5)15/h1-4,14-15H,(H,12,13,16). The van der Waals surface area contributed by atoms with Gasteiger partial charge in [0.2, 0.25) is 0 Å². The lowest BCUT2D eigenvalue weighted by atomic mass is 10.2. The average molecular weight is 315 g/mol. The van der Waals surface area contributed by atoms with Gasteiger partial charge in [0.05, 0.1) is 15.5 Å². The van der Waals surface area contributed by atoms with Gasteiger partial charge >= 0.3 is 0 Å². The van der Waals surface area contributed by atoms with Crippen LogP contribution in [0.3, 0.4) is 0 Å². The third-order valence-corrected chi connectivity index (χ3v) is 3.35. The Morgan fingerprint density at radius 2 is 2.18 bits per heavy atom. The molecule has 17 heavy (non-hydrogen) atoms. The molecule has 88 valence electrons. The van der Waals surface area contributed by atoms with Crippen molar-refractivity contribution >= 4 is 38.3 Å². The predicted octanol–water partition coefficient (Wildman–Crippen LogP) is 2.57. The lowest BCUT2D eigenvalue weighted by Gasteiger charge is -2.05. The number of carbonyl (C=O) groups is 1. The molecule has 1 heterocycles. The van der Waals surface area contributed by atoms with Gasteiger partial charge in [-0.05, 0) is 28.1 Å². The Morgan fingerprint density at radius 1 is 1.41 bits per heavy atom. The highest BCUT2D eigenvalue weighted by atomic mass is 79.9. The van der Waals surface area contributed by atoms with Crippen molar-refractivity contribution in [2.45, 2.75) is 0 Å². The van der Waals surface area contributed by atoms with Gasteiger partial charge in [0.15, 0.2) is 16.6 Å². The van der Waals surface area contributed by atoms with Crippen molar-refractivity contribution < 1.29 is 15.0 Å². The molecular weight excluding hydrogens is 308 g/mol. The first-order valence-corrected chi connectivity index (χ1v) is 6.12. The van der Waals surface area contributed by atoms with Crippen LogP contribution in [-0.2, 0) is 0 Å². The fourth-order valence-electron chi connectivity index (χ4n) is 1.19. The number of hydrogen-bond acceptors (Lipinski definition) is 5. The molecule has 3 N–H and O–H groups in total. The second-order valence-corrected chi connectivity index (χ2v) is 5.51. The molecule has 0 bridgehead atoms. The Bertz CT molecular complexity index is 570. The third-order valence-electron chi connectivity index (χ3n) is 1.96. The zero-order valence-corrected chi connectivity index (χ0v) is 10.7. The zero-order chi connectivity index (χ0) is 12.4. The molecular formula is C10H7BrN2O3S. The van der Waals surface area contributed by atoms with Crippen LogP contribution in [0.25, 0.3) is 0 Å². The smallest absolute Gasteiger partial charge is 0.261 e. The number of halogens is 1. The molecule has 0 radical (unpaired) electrons. The lowest BCUT2D eigenvalue weighted by Crippen LogP contribution is -2.11. The highest BCUT2D eigenvalue weighted by Gasteiger charge is 2.15. The summed E-state index contributed by atoms with van der Waals surface area (Å²) in [5.41, 5.74) is -0.00341. The van der Waals surface area contributed by atoms with E-state index < -0.39 is 11.7 Å². The molecule has 2 rings (SSSR count). The minimum absolute atomic E-state index is 0.00341. The summed E-state index contributed by atoms with van der Waals surface area (Å²) in [5, 5.41) is 21.7. The molecule has 0 aliphatic carbocycles. The fraction of sp³-hybridized carbons (Fsp3) is 0. The molecule has 0 saturated heterocycles. The zero-order valence-electron chi connectivity index (χ0n) is 8.35. The van der Waals surface area contributed by atoms with Gasteiger partial charge in [-0.25, -0.2) is 4.98 Å². The van der Waals surface area contributed by atoms with Gasteiger partial charge in [0, 0.05) is 0 Å². The van der Waals surface area contributed by atoms with Crippen LogP contribution in [0, 0.1) is 0 Å². The monoisotopic (exact) mass is 314 g/mol. The van der Waals surface area contributed by atoms with E-state index in [0.717, 1.165) is 3.79 Å². The van der Waals surface area contributed by atoms with E-state index in [1.165, 1.54) is 29.5 Å². The number of rotatable bonds is 2. The molecule has 1 aromatic carbocycles. The molecule has 0 saturated carbocycles. The Labute approximate surface area is 109 Å². The number of aromatic nitrogens is 1. The van der Waals surface area contributed by atoms with Gasteiger partial charge in [-0.3, -0.25) is 10.1 Å². The van der Waals surface area contributed by atoms with Gasteiger partial charge in [0.1, 0.15) is 0 Å². The van der Waals surface area contributed by atoms with Crippen molar-refractivity contribution in [1.82, 2.24) is 4.98 Å². The van der Waals surface area contributed by atoms with Crippen LogP contribution in [0.15, 0.2) is 28.2 Å². The first-order valence-electron chi connectivity index (χ1n) is 4.51. The molecule has 0 atom stereocenters. The van der Waals surface area contributed by atoms with E-state index in [1.54, 1.807) is 6.20 Å². The first kappa shape index (κ1) is 11.9. The summed E-state index contributed by atoms with van der Waals surface area (Å²) in [4.78, 5) is 15.7. The maximum Gasteiger partial charge on any atom is 0.261 e. The summed E-state index contributed by atoms with van der Waals surface area (Å²) >= 11 is 4.47. The number of para-hydroxylation sites is 1. The number of aromatic hydroxyl groups is 2. The summed E-state index contributed by atoms with van der Waals surface area (Å²) in [7, 11) is 0. The fourth-order valence-corrected chi connectivity index (χ4v) is 2.29. The molecule has 1 amide bonds. The number of thiazole rings is 1. The molecule has 0 spiro atoms. The van der Waals surface area contributed by atoms with E-state index in [1.807, 2.05) is 0 Å². The van der Waals surface area contributed by atoms with Crippen LogP contribution in [0.1, 0.15) is 10.4 Å². The van der Waals surface area contributed by atoms with Gasteiger partial charge in [0.25, 0.3) is 5.91 Å². The molecule has 2 aromatic rings. The number of phenols is 2. The van der Waals surface area contributed by atoms with Crippen LogP contribution in [0.2, 0.25) is 0 Å². The number of phenolic OH excluding ortho intramolecular Hbond substituents is 2. The normalized spacial score (nSPS) is 10.2. The number of nitrogens with one attached hydrogen (secondary N) is 1. The highest BCUT2D eigenvalue weighted by Crippen LogP contribution is 2.29. The van der Waals surface area contributed by atoms with Crippen LogP contribution >= 0.6 is 27.3 Å². The molecule has 0 unspecified atom stereocenters. The number of nitrogens with zero attached hydrogens (tertiary/aromatic N) is 1. The Morgan fingerprint density at radius 3 is 2.82 bits per heavy atom. The van der Waals surface area contributed by atoms with Crippen molar-refractivity contribution in [3.63, 3.8) is 0 Å². The predicted molar refractivity (Wildman–Crippen MR) is 67.5 cm³/mol. The van der Waals surface area contributed by atoms with E-state index in [-0.39, 0.29) is 11.3 Å². The number of benzene rings is 1. The maximum absolute atomic E-state index is 11.8. The van der Waals surface area contributed by atoms with E-state index >= 15 is 0 Å². The van der Waals surface area contributed by atoms with Crippen LogP contribution in [0.5, 0.6) is 11.5 Å². The van der Waals surface area contributed by atoms with Crippen molar-refractivity contribution in [3.05, 3.63) is 33.7 Å². The van der Waals surface area contributed by atoms with Gasteiger partial charge < -0.3 is 10.2 Å². The van der Waals surface area contributed by atoms with E-state index in [2.05, 4.69) is 26.2 Å². The summed E-state index contributed by atoms with van der Waals surface area (Å²) in [6.45, 7) is 0. The first-order chi connectivity index (χ1) is 8.08. The topological polar surface area (TPSA) is 82.5 Å². The molecule has 0 aliphatic rings. The van der Waals surface area contributed by atoms with Crippen LogP contribution in [0.4, 0.5) is 5.13 Å². The van der Waals surface area contributed by atoms with Crippen molar-refractivity contribution in [2.75, 3.05) is 5.32 Å². The third kappa shape index (κ3) is 2.56. The number of hydrogen-bond donors (Lipinski definition) is 3. The Balaban J connectivity index is 2.23. The Kier molecular flexibility index (Phi) is 3.30. The van der Waals surface area contributed by atoms with E-state index in [4.69, 9.17) is 0 Å². The maximum atomic E-state index is 11.8. The summed E-state index contributed by atoms with van der Waals surface area (Å²) in [6.07, 6.45) is 1.56. The SMILES string of the molecule is O=C(Nc1ncc(Br)s1)c1cccc(O)c1O. The van der Waals surface area contributed by atoms with Crippen molar-refractivity contribution in [1.29, 1.82) is 0 Å². The quantitative estimate of drug-likeness (QED) is 0.744. The van der Waals surface area contributed by atoms with Gasteiger partial charge in [-0.1, -0.05) is 17.4 Å². The van der Waals surface area contributed by atoms with Gasteiger partial charge in [-0.2, -0.15) is 0 Å². The average Bonchev–Trinajstić information content (AvgIpc) is 2.68. The van der Waals surface area contributed by atoms with Crippen LogP contribution < -0.4 is 5.32 Å². The summed E-state index contributed by atoms with van der Waals surface area (Å²) in [6, 6.07) is 4.18. The largest absolute Gasteiger partial charge is 0.504 e. The molecule has 7 heteroatoms. The van der Waals surface area contributed by atoms with E-state index in [9.17, 15) is 15.0 Å². The second-order valence-electron chi connectivity index (χ2n) is 3.10. The molecule has 1 aromatic heterocycles. The molecule has 0 aliphatic heterocycles. The Hall–Kier alpha value is -1.60. The minimum atomic E-state index is -0.528. The molecule has 5 nitrogen and oxygen atoms in total. The van der Waals surface area contributed by atoms with Gasteiger partial charge in [-0.15, -0.1) is 0 Å². The number of carbonyl (C=O) groups excluding carboxylic acids is 1. The highest BCUT2D eigenvalue weighted by molar-refractivity contribution is 9.11. The van der Waals surface area contributed by atoms with Crippen molar-refractivity contribution in [2.24, 2.45) is 0 Å². The number of amides is 1. The number of anilines is 1. The van der Waals surface area contributed by atoms with E-state index in [0.29, 0.717) is 5.13 Å². The minimum Gasteiger partial charge on any atom is -0.504 e. The van der Waals surface area contributed by atoms with Crippen LogP contribution in [-0.4, -0.2) is 21.1 Å². The summed E-state index contributed by atoms with van der Waals surface area (Å²) < 4.78 is 0.785. The lowest BCUT2D eigenvalue weighted by molar-refractivity contribution is 0.102.